The summed E-state index contributed by atoms with van der Waals surface area (Å²) in [5.74, 6) is 0. The van der Waals surface area contributed by atoms with E-state index in [0.717, 1.165) is 5.56 Å². The fourth-order valence-corrected chi connectivity index (χ4v) is 0.885. The van der Waals surface area contributed by atoms with Crippen LogP contribution < -0.4 is 0 Å². The van der Waals surface area contributed by atoms with Gasteiger partial charge in [-0.25, -0.2) is 0 Å². The van der Waals surface area contributed by atoms with Crippen molar-refractivity contribution in [3.05, 3.63) is 48.0 Å². The second kappa shape index (κ2) is 4.50. The van der Waals surface area contributed by atoms with Gasteiger partial charge in [-0.15, -0.1) is 6.58 Å². The summed E-state index contributed by atoms with van der Waals surface area (Å²) in [6, 6.07) is 8.27. The van der Waals surface area contributed by atoms with Crippen molar-refractivity contribution in [1.82, 2.24) is 0 Å². The first-order valence-electron chi connectivity index (χ1n) is 4.00. The Kier molecular flexibility index (Phi) is 3.27. The molecule has 62 valence electrons. The Labute approximate surface area is 74.9 Å². The van der Waals surface area contributed by atoms with Gasteiger partial charge in [0.25, 0.3) is 0 Å². The lowest BCUT2D eigenvalue weighted by Crippen LogP contribution is -1.81. The van der Waals surface area contributed by atoms with Crippen LogP contribution in [0.2, 0.25) is 0 Å². The number of aryl methyl sites for hydroxylation is 1. The first-order chi connectivity index (χ1) is 5.83. The van der Waals surface area contributed by atoms with Gasteiger partial charge in [-0.1, -0.05) is 35.9 Å². The molecule has 0 amide bonds. The van der Waals surface area contributed by atoms with Crippen molar-refractivity contribution in [2.75, 3.05) is 6.54 Å². The predicted octanol–water partition coefficient (Wildman–Crippen LogP) is 2.71. The molecule has 0 aliphatic rings. The van der Waals surface area contributed by atoms with Crippen molar-refractivity contribution in [3.63, 3.8) is 0 Å². The molecule has 0 saturated heterocycles. The Morgan fingerprint density at radius 2 is 2.08 bits per heavy atom. The lowest BCUT2D eigenvalue weighted by atomic mass is 10.2. The number of benzene rings is 1. The summed E-state index contributed by atoms with van der Waals surface area (Å²) in [6.45, 7) is 6.35. The molecule has 0 spiro atoms. The third kappa shape index (κ3) is 2.70. The molecule has 0 atom stereocenters. The molecule has 0 unspecified atom stereocenters. The van der Waals surface area contributed by atoms with Crippen molar-refractivity contribution < 1.29 is 1.43 Å². The van der Waals surface area contributed by atoms with Crippen LogP contribution in [0.1, 0.15) is 12.6 Å². The van der Waals surface area contributed by atoms with Crippen molar-refractivity contribution in [2.24, 2.45) is 4.99 Å². The molecule has 0 heterocycles. The second-order valence-corrected chi connectivity index (χ2v) is 2.69. The Morgan fingerprint density at radius 3 is 2.67 bits per heavy atom. The van der Waals surface area contributed by atoms with Crippen LogP contribution in [-0.2, 0) is 0 Å². The number of rotatable bonds is 3. The lowest BCUT2D eigenvalue weighted by molar-refractivity contribution is 1.26. The highest BCUT2D eigenvalue weighted by Gasteiger charge is 1.85. The van der Waals surface area contributed by atoms with E-state index in [-0.39, 0.29) is 1.43 Å². The molecule has 1 aromatic carbocycles. The Morgan fingerprint density at radius 1 is 1.42 bits per heavy atom. The largest absolute Gasteiger partial charge is 1.00 e. The highest BCUT2D eigenvalue weighted by Crippen LogP contribution is 1.99. The van der Waals surface area contributed by atoms with Crippen LogP contribution in [-0.4, -0.2) is 12.8 Å². The highest BCUT2D eigenvalue weighted by atomic mass is 14.7. The maximum atomic E-state index is 4.15. The molecule has 0 aliphatic carbocycles. The zero-order valence-electron chi connectivity index (χ0n) is 8.33. The van der Waals surface area contributed by atoms with Gasteiger partial charge in [-0.05, 0) is 12.5 Å². The number of aliphatic imine (C=N–C) groups is 1. The summed E-state index contributed by atoms with van der Waals surface area (Å²) in [5, 5.41) is 0. The first kappa shape index (κ1) is 8.72. The van der Waals surface area contributed by atoms with Crippen LogP contribution in [0.15, 0.2) is 41.9 Å². The summed E-state index contributed by atoms with van der Waals surface area (Å²) < 4.78 is 0. The maximum absolute atomic E-state index is 4.15. The van der Waals surface area contributed by atoms with E-state index in [0.29, 0.717) is 6.54 Å². The zero-order valence-corrected chi connectivity index (χ0v) is 7.33. The fourth-order valence-electron chi connectivity index (χ4n) is 0.885. The average molecular weight is 160 g/mol. The third-order valence-electron chi connectivity index (χ3n) is 1.55. The molecule has 1 aromatic rings. The molecule has 0 aromatic heterocycles. The summed E-state index contributed by atoms with van der Waals surface area (Å²) in [7, 11) is 0. The molecule has 12 heavy (non-hydrogen) atoms. The normalized spacial score (nSPS) is 10.4. The van der Waals surface area contributed by atoms with E-state index in [1.54, 1.807) is 6.08 Å². The molecule has 1 heteroatoms. The van der Waals surface area contributed by atoms with E-state index >= 15 is 0 Å². The molecule has 1 nitrogen and oxygen atoms in total. The van der Waals surface area contributed by atoms with E-state index < -0.39 is 0 Å². The molecule has 1 rings (SSSR count). The summed E-state index contributed by atoms with van der Waals surface area (Å²) in [6.07, 6.45) is 3.64. The number of hydrogen-bond acceptors (Lipinski definition) is 1. The van der Waals surface area contributed by atoms with Crippen LogP contribution in [0, 0.1) is 6.92 Å². The predicted molar refractivity (Wildman–Crippen MR) is 54.9 cm³/mol. The smallest absolute Gasteiger partial charge is 0.288 e. The number of nitrogens with zero attached hydrogens (tertiary/aromatic N) is 1. The van der Waals surface area contributed by atoms with Crippen molar-refractivity contribution in [3.8, 4) is 0 Å². The topological polar surface area (TPSA) is 12.4 Å². The molecule has 0 saturated carbocycles. The van der Waals surface area contributed by atoms with E-state index in [9.17, 15) is 0 Å². The maximum Gasteiger partial charge on any atom is 1.00 e. The third-order valence-corrected chi connectivity index (χ3v) is 1.55. The zero-order chi connectivity index (χ0) is 8.81. The van der Waals surface area contributed by atoms with Gasteiger partial charge in [0, 0.05) is 6.21 Å². The molecule has 0 aliphatic heterocycles. The molecular weight excluding hydrogens is 146 g/mol. The van der Waals surface area contributed by atoms with E-state index in [1.807, 2.05) is 6.21 Å². The molecule has 0 radical (unpaired) electrons. The highest BCUT2D eigenvalue weighted by molar-refractivity contribution is 5.79. The first-order valence-corrected chi connectivity index (χ1v) is 4.00. The van der Waals surface area contributed by atoms with Crippen LogP contribution in [0.4, 0.5) is 0 Å². The van der Waals surface area contributed by atoms with Crippen LogP contribution in [0.5, 0.6) is 0 Å². The van der Waals surface area contributed by atoms with Crippen molar-refractivity contribution in [1.29, 1.82) is 0 Å². The summed E-state index contributed by atoms with van der Waals surface area (Å²) >= 11 is 0. The lowest BCUT2D eigenvalue weighted by Gasteiger charge is -1.92. The van der Waals surface area contributed by atoms with E-state index in [1.165, 1.54) is 5.56 Å². The average Bonchev–Trinajstić information content (AvgIpc) is 2.09. The minimum atomic E-state index is 0. The number of hydrogen-bond donors (Lipinski definition) is 0. The molecule has 0 N–H and O–H groups in total. The second-order valence-electron chi connectivity index (χ2n) is 2.69. The van der Waals surface area contributed by atoms with Gasteiger partial charge in [0.15, 0.2) is 0 Å². The van der Waals surface area contributed by atoms with Crippen LogP contribution in [0.3, 0.4) is 0 Å². The van der Waals surface area contributed by atoms with Crippen molar-refractivity contribution in [2.45, 2.75) is 6.92 Å². The standard InChI is InChI=1S/C11H13N/c1-3-8-12-9-11-6-4-10(2)5-7-11/h3-7,9H,1,8H2,2H3/p+1. The van der Waals surface area contributed by atoms with Gasteiger partial charge < -0.3 is 0 Å². The molecular formula is C11H14N+. The van der Waals surface area contributed by atoms with Gasteiger partial charge in [0.2, 0.25) is 0 Å². The van der Waals surface area contributed by atoms with Crippen LogP contribution in [0.25, 0.3) is 0 Å². The molecule has 0 fully saturated rings. The van der Waals surface area contributed by atoms with E-state index in [2.05, 4.69) is 42.8 Å². The quantitative estimate of drug-likeness (QED) is 0.476. The van der Waals surface area contributed by atoms with E-state index in [4.69, 9.17) is 0 Å². The fraction of sp³-hybridized carbons (Fsp3) is 0.182. The van der Waals surface area contributed by atoms with Gasteiger partial charge in [0.1, 0.15) is 0 Å². The van der Waals surface area contributed by atoms with Gasteiger partial charge in [0.05, 0.1) is 6.54 Å². The van der Waals surface area contributed by atoms with Gasteiger partial charge in [-0.2, -0.15) is 0 Å². The SMILES string of the molecule is C=CCN=Cc1ccc(C)cc1.[H+]. The monoisotopic (exact) mass is 160 g/mol. The summed E-state index contributed by atoms with van der Waals surface area (Å²) in [4.78, 5) is 4.15. The van der Waals surface area contributed by atoms with Crippen molar-refractivity contribution >= 4 is 6.21 Å². The Hall–Kier alpha value is -1.37. The minimum absolute atomic E-state index is 0. The Balaban J connectivity index is 0.00000144. The van der Waals surface area contributed by atoms with Gasteiger partial charge in [-0.3, -0.25) is 4.99 Å². The minimum Gasteiger partial charge on any atom is -0.288 e. The van der Waals surface area contributed by atoms with Crippen LogP contribution >= 0.6 is 0 Å². The summed E-state index contributed by atoms with van der Waals surface area (Å²) in [5.41, 5.74) is 2.42. The molecule has 0 bridgehead atoms. The van der Waals surface area contributed by atoms with Gasteiger partial charge >= 0.3 is 1.43 Å². The Bertz CT molecular complexity index is 275.